The van der Waals surface area contributed by atoms with E-state index in [4.69, 9.17) is 10.0 Å². The average molecular weight is 213 g/mol. The van der Waals surface area contributed by atoms with Crippen LogP contribution < -0.4 is 5.46 Å². The highest BCUT2D eigenvalue weighted by Gasteiger charge is 2.11. The van der Waals surface area contributed by atoms with Gasteiger partial charge in [0, 0.05) is 11.8 Å². The Hall–Kier alpha value is -1.65. The van der Waals surface area contributed by atoms with Crippen LogP contribution in [0.2, 0.25) is 0 Å². The molecule has 4 heteroatoms. The van der Waals surface area contributed by atoms with Crippen molar-refractivity contribution in [2.24, 2.45) is 0 Å². The second-order valence-corrected chi connectivity index (χ2v) is 3.72. The molecule has 0 bridgehead atoms. The lowest BCUT2D eigenvalue weighted by atomic mass is 9.80. The van der Waals surface area contributed by atoms with Crippen molar-refractivity contribution in [1.82, 2.24) is 4.98 Å². The zero-order valence-electron chi connectivity index (χ0n) is 8.96. The molecule has 0 aliphatic rings. The van der Waals surface area contributed by atoms with Gasteiger partial charge in [-0.05, 0) is 30.6 Å². The van der Waals surface area contributed by atoms with E-state index in [9.17, 15) is 0 Å². The smallest absolute Gasteiger partial charge is 0.423 e. The van der Waals surface area contributed by atoms with Crippen molar-refractivity contribution in [3.63, 3.8) is 0 Å². The fraction of sp³-hybridized carbons (Fsp3) is 0.0833. The molecule has 0 saturated carbocycles. The molecule has 2 N–H and O–H groups in total. The van der Waals surface area contributed by atoms with Crippen LogP contribution in [-0.4, -0.2) is 22.2 Å². The minimum atomic E-state index is -1.45. The number of nitrogens with zero attached hydrogens (tertiary/aromatic N) is 1. The van der Waals surface area contributed by atoms with E-state index in [-0.39, 0.29) is 0 Å². The van der Waals surface area contributed by atoms with Gasteiger partial charge in [-0.25, -0.2) is 0 Å². The molecule has 2 rings (SSSR count). The second kappa shape index (κ2) is 4.47. The van der Waals surface area contributed by atoms with Gasteiger partial charge in [0.2, 0.25) is 0 Å². The summed E-state index contributed by atoms with van der Waals surface area (Å²) >= 11 is 0. The van der Waals surface area contributed by atoms with E-state index in [1.807, 2.05) is 31.2 Å². The third-order valence-corrected chi connectivity index (χ3v) is 2.40. The van der Waals surface area contributed by atoms with Crippen LogP contribution in [0.25, 0.3) is 11.3 Å². The third kappa shape index (κ3) is 2.29. The van der Waals surface area contributed by atoms with Crippen LogP contribution in [0.3, 0.4) is 0 Å². The average Bonchev–Trinajstić information content (AvgIpc) is 2.29. The standard InChI is InChI=1S/C12H12BNO2/c1-9-3-2-4-10(7-9)12-8-11(13(15)16)5-6-14-12/h2-8,15-16H,1H3. The molecule has 1 aromatic carbocycles. The summed E-state index contributed by atoms with van der Waals surface area (Å²) in [6.45, 7) is 2.01. The molecule has 0 radical (unpaired) electrons. The van der Waals surface area contributed by atoms with Gasteiger partial charge >= 0.3 is 7.12 Å². The Balaban J connectivity index is 2.44. The Morgan fingerprint density at radius 1 is 1.12 bits per heavy atom. The van der Waals surface area contributed by atoms with Crippen LogP contribution in [0, 0.1) is 6.92 Å². The maximum Gasteiger partial charge on any atom is 0.488 e. The number of aromatic nitrogens is 1. The highest BCUT2D eigenvalue weighted by molar-refractivity contribution is 6.58. The SMILES string of the molecule is Cc1cccc(-c2cc(B(O)O)ccn2)c1. The van der Waals surface area contributed by atoms with Crippen LogP contribution >= 0.6 is 0 Å². The summed E-state index contributed by atoms with van der Waals surface area (Å²) in [5.74, 6) is 0. The summed E-state index contributed by atoms with van der Waals surface area (Å²) in [4.78, 5) is 4.21. The van der Waals surface area contributed by atoms with Crippen molar-refractivity contribution >= 4 is 12.6 Å². The molecule has 0 unspecified atom stereocenters. The Bertz CT molecular complexity index is 500. The number of hydrogen-bond donors (Lipinski definition) is 2. The van der Waals surface area contributed by atoms with E-state index in [0.717, 1.165) is 16.8 Å². The molecule has 0 aliphatic carbocycles. The highest BCUT2D eigenvalue weighted by atomic mass is 16.4. The monoisotopic (exact) mass is 213 g/mol. The van der Waals surface area contributed by atoms with Crippen molar-refractivity contribution < 1.29 is 10.0 Å². The van der Waals surface area contributed by atoms with E-state index in [0.29, 0.717) is 5.46 Å². The van der Waals surface area contributed by atoms with Crippen LogP contribution in [0.15, 0.2) is 42.6 Å². The zero-order valence-corrected chi connectivity index (χ0v) is 8.96. The molecule has 0 amide bonds. The first-order valence-corrected chi connectivity index (χ1v) is 5.06. The predicted octanol–water partition coefficient (Wildman–Crippen LogP) is 0.737. The summed E-state index contributed by atoms with van der Waals surface area (Å²) in [6, 6.07) is 11.2. The zero-order chi connectivity index (χ0) is 11.5. The molecule has 0 saturated heterocycles. The Morgan fingerprint density at radius 2 is 1.94 bits per heavy atom. The molecule has 0 spiro atoms. The summed E-state index contributed by atoms with van der Waals surface area (Å²) in [6.07, 6.45) is 1.58. The second-order valence-electron chi connectivity index (χ2n) is 3.72. The van der Waals surface area contributed by atoms with Crippen molar-refractivity contribution in [2.45, 2.75) is 6.92 Å². The van der Waals surface area contributed by atoms with Crippen molar-refractivity contribution in [3.05, 3.63) is 48.2 Å². The first-order chi connectivity index (χ1) is 7.66. The Morgan fingerprint density at radius 3 is 2.62 bits per heavy atom. The van der Waals surface area contributed by atoms with E-state index >= 15 is 0 Å². The minimum Gasteiger partial charge on any atom is -0.423 e. The molecular weight excluding hydrogens is 201 g/mol. The van der Waals surface area contributed by atoms with Gasteiger partial charge in [-0.3, -0.25) is 4.98 Å². The number of rotatable bonds is 2. The molecule has 0 atom stereocenters. The van der Waals surface area contributed by atoms with E-state index in [1.54, 1.807) is 18.3 Å². The largest absolute Gasteiger partial charge is 0.488 e. The third-order valence-electron chi connectivity index (χ3n) is 2.40. The summed E-state index contributed by atoms with van der Waals surface area (Å²) in [5, 5.41) is 18.2. The molecule has 1 aromatic heterocycles. The van der Waals surface area contributed by atoms with E-state index in [1.165, 1.54) is 0 Å². The maximum atomic E-state index is 9.08. The van der Waals surface area contributed by atoms with Gasteiger partial charge in [-0.15, -0.1) is 0 Å². The predicted molar refractivity (Wildman–Crippen MR) is 64.2 cm³/mol. The number of pyridine rings is 1. The van der Waals surface area contributed by atoms with E-state index in [2.05, 4.69) is 4.98 Å². The number of benzene rings is 1. The molecule has 3 nitrogen and oxygen atoms in total. The van der Waals surface area contributed by atoms with Crippen molar-refractivity contribution in [3.8, 4) is 11.3 Å². The highest BCUT2D eigenvalue weighted by Crippen LogP contribution is 2.16. The van der Waals surface area contributed by atoms with Gasteiger partial charge in [-0.2, -0.15) is 0 Å². The first kappa shape index (κ1) is 10.9. The van der Waals surface area contributed by atoms with Gasteiger partial charge in [0.1, 0.15) is 0 Å². The van der Waals surface area contributed by atoms with Crippen LogP contribution in [0.5, 0.6) is 0 Å². The summed E-state index contributed by atoms with van der Waals surface area (Å²) < 4.78 is 0. The first-order valence-electron chi connectivity index (χ1n) is 5.06. The van der Waals surface area contributed by atoms with Gasteiger partial charge in [0.25, 0.3) is 0 Å². The Labute approximate surface area is 94.6 Å². The fourth-order valence-electron chi connectivity index (χ4n) is 1.57. The van der Waals surface area contributed by atoms with Gasteiger partial charge in [0.15, 0.2) is 0 Å². The lowest BCUT2D eigenvalue weighted by molar-refractivity contribution is 0.425. The summed E-state index contributed by atoms with van der Waals surface area (Å²) in [7, 11) is -1.45. The van der Waals surface area contributed by atoms with Crippen molar-refractivity contribution in [1.29, 1.82) is 0 Å². The topological polar surface area (TPSA) is 53.4 Å². The molecule has 16 heavy (non-hydrogen) atoms. The number of hydrogen-bond acceptors (Lipinski definition) is 3. The minimum absolute atomic E-state index is 0.450. The molecule has 1 heterocycles. The molecule has 80 valence electrons. The Kier molecular flexibility index (Phi) is 3.03. The normalized spacial score (nSPS) is 10.2. The van der Waals surface area contributed by atoms with E-state index < -0.39 is 7.12 Å². The lowest BCUT2D eigenvalue weighted by Crippen LogP contribution is -2.29. The quantitative estimate of drug-likeness (QED) is 0.723. The number of aryl methyl sites for hydroxylation is 1. The van der Waals surface area contributed by atoms with Gasteiger partial charge < -0.3 is 10.0 Å². The molecule has 2 aromatic rings. The van der Waals surface area contributed by atoms with Crippen LogP contribution in [0.1, 0.15) is 5.56 Å². The lowest BCUT2D eigenvalue weighted by Gasteiger charge is -2.04. The maximum absolute atomic E-state index is 9.08. The van der Waals surface area contributed by atoms with Crippen molar-refractivity contribution in [2.75, 3.05) is 0 Å². The van der Waals surface area contributed by atoms with Crippen LogP contribution in [-0.2, 0) is 0 Å². The fourth-order valence-corrected chi connectivity index (χ4v) is 1.57. The van der Waals surface area contributed by atoms with Gasteiger partial charge in [-0.1, -0.05) is 23.8 Å². The molecular formula is C12H12BNO2. The van der Waals surface area contributed by atoms with Crippen LogP contribution in [0.4, 0.5) is 0 Å². The molecule has 0 aliphatic heterocycles. The van der Waals surface area contributed by atoms with Gasteiger partial charge in [0.05, 0.1) is 5.69 Å². The molecule has 0 fully saturated rings. The summed E-state index contributed by atoms with van der Waals surface area (Å²) in [5.41, 5.74) is 3.32.